The van der Waals surface area contributed by atoms with Crippen molar-refractivity contribution in [3.05, 3.63) is 68.7 Å². The molecule has 1 aromatic heterocycles. The molecule has 1 atom stereocenters. The maximum atomic E-state index is 13.3. The van der Waals surface area contributed by atoms with Crippen molar-refractivity contribution in [2.24, 2.45) is 0 Å². The van der Waals surface area contributed by atoms with E-state index in [4.69, 9.17) is 25.8 Å². The molecule has 1 aliphatic rings. The van der Waals surface area contributed by atoms with Gasteiger partial charge in [-0.15, -0.1) is 11.3 Å². The number of carbonyl (C=O) groups excluding carboxylic acids is 2. The summed E-state index contributed by atoms with van der Waals surface area (Å²) in [6.45, 7) is 3.72. The van der Waals surface area contributed by atoms with E-state index < -0.39 is 17.7 Å². The summed E-state index contributed by atoms with van der Waals surface area (Å²) in [5, 5.41) is 11.9. The smallest absolute Gasteiger partial charge is 0.301 e. The predicted octanol–water partition coefficient (Wildman–Crippen LogP) is 5.07. The summed E-state index contributed by atoms with van der Waals surface area (Å²) in [4.78, 5) is 33.3. The van der Waals surface area contributed by atoms with Gasteiger partial charge >= 0.3 is 5.91 Å². The molecule has 0 aliphatic carbocycles. The Hall–Kier alpha value is -3.56. The van der Waals surface area contributed by atoms with Gasteiger partial charge in [0.2, 0.25) is 0 Å². The van der Waals surface area contributed by atoms with Crippen LogP contribution < -0.4 is 19.1 Å². The Kier molecular flexibility index (Phi) is 6.73. The van der Waals surface area contributed by atoms with Gasteiger partial charge in [-0.2, -0.15) is 0 Å². The predicted molar refractivity (Wildman–Crippen MR) is 134 cm³/mol. The number of aromatic nitrogens is 1. The number of anilines is 1. The zero-order chi connectivity index (χ0) is 25.4. The van der Waals surface area contributed by atoms with E-state index in [-0.39, 0.29) is 21.9 Å². The van der Waals surface area contributed by atoms with Crippen LogP contribution in [0, 0.1) is 13.8 Å². The lowest BCUT2D eigenvalue weighted by Gasteiger charge is -2.24. The second-order valence-corrected chi connectivity index (χ2v) is 9.36. The minimum Gasteiger partial charge on any atom is -0.507 e. The van der Waals surface area contributed by atoms with Gasteiger partial charge in [-0.25, -0.2) is 4.98 Å². The summed E-state index contributed by atoms with van der Waals surface area (Å²) in [5.41, 5.74) is 1.47. The molecule has 35 heavy (non-hydrogen) atoms. The lowest BCUT2D eigenvalue weighted by Crippen LogP contribution is -2.29. The van der Waals surface area contributed by atoms with Crippen LogP contribution in [0.5, 0.6) is 17.2 Å². The number of carbonyl (C=O) groups is 2. The van der Waals surface area contributed by atoms with Gasteiger partial charge in [-0.05, 0) is 49.7 Å². The molecule has 4 rings (SSSR count). The van der Waals surface area contributed by atoms with Crippen molar-refractivity contribution in [2.45, 2.75) is 19.9 Å². The van der Waals surface area contributed by atoms with Gasteiger partial charge in [0.05, 0.1) is 43.7 Å². The van der Waals surface area contributed by atoms with E-state index >= 15 is 0 Å². The molecule has 0 unspecified atom stereocenters. The van der Waals surface area contributed by atoms with Gasteiger partial charge in [0.25, 0.3) is 5.78 Å². The maximum Gasteiger partial charge on any atom is 0.301 e. The number of hydrogen-bond acceptors (Lipinski definition) is 8. The van der Waals surface area contributed by atoms with Crippen molar-refractivity contribution in [3.8, 4) is 17.2 Å². The molecule has 1 fully saturated rings. The van der Waals surface area contributed by atoms with Crippen LogP contribution >= 0.6 is 22.9 Å². The van der Waals surface area contributed by atoms with Crippen LogP contribution in [0.1, 0.15) is 27.7 Å². The monoisotopic (exact) mass is 514 g/mol. The van der Waals surface area contributed by atoms with E-state index in [1.54, 1.807) is 30.3 Å². The second kappa shape index (κ2) is 9.59. The summed E-state index contributed by atoms with van der Waals surface area (Å²) >= 11 is 7.55. The molecule has 0 bridgehead atoms. The quantitative estimate of drug-likeness (QED) is 0.279. The summed E-state index contributed by atoms with van der Waals surface area (Å²) in [7, 11) is 4.48. The van der Waals surface area contributed by atoms with Crippen LogP contribution in [-0.4, -0.2) is 43.1 Å². The zero-order valence-corrected chi connectivity index (χ0v) is 21.3. The van der Waals surface area contributed by atoms with E-state index in [2.05, 4.69) is 4.98 Å². The maximum absolute atomic E-state index is 13.3. The third-order valence-electron chi connectivity index (χ3n) is 5.82. The van der Waals surface area contributed by atoms with Crippen molar-refractivity contribution in [1.29, 1.82) is 0 Å². The third-order valence-corrected chi connectivity index (χ3v) is 7.18. The SMILES string of the molecule is COc1ccc(/C(O)=C2\C(=O)C(=O)N(c3nc(C)c(C)s3)[C@H]2c2ccc(OC)c(OC)c2)cc1Cl. The van der Waals surface area contributed by atoms with Gasteiger partial charge in [-0.1, -0.05) is 17.7 Å². The minimum atomic E-state index is -0.958. The highest BCUT2D eigenvalue weighted by molar-refractivity contribution is 7.16. The number of methoxy groups -OCH3 is 3. The number of aliphatic hydroxyl groups is 1. The van der Waals surface area contributed by atoms with Crippen LogP contribution in [0.25, 0.3) is 5.76 Å². The fourth-order valence-electron chi connectivity index (χ4n) is 3.90. The van der Waals surface area contributed by atoms with Crippen LogP contribution in [0.3, 0.4) is 0 Å². The number of ketones is 1. The average molecular weight is 515 g/mol. The number of rotatable bonds is 6. The third kappa shape index (κ3) is 4.21. The van der Waals surface area contributed by atoms with E-state index in [0.717, 1.165) is 10.6 Å². The first-order valence-electron chi connectivity index (χ1n) is 10.5. The number of Topliss-reactive ketones (excluding diaryl/α,β-unsaturated/α-hetero) is 1. The Morgan fingerprint density at radius 2 is 1.66 bits per heavy atom. The molecular formula is C25H23ClN2O6S. The van der Waals surface area contributed by atoms with Gasteiger partial charge < -0.3 is 19.3 Å². The van der Waals surface area contributed by atoms with Crippen LogP contribution in [-0.2, 0) is 9.59 Å². The van der Waals surface area contributed by atoms with Crippen molar-refractivity contribution < 1.29 is 28.9 Å². The lowest BCUT2D eigenvalue weighted by molar-refractivity contribution is -0.132. The van der Waals surface area contributed by atoms with Crippen molar-refractivity contribution in [1.82, 2.24) is 4.98 Å². The number of amides is 1. The standard InChI is InChI=1S/C25H23ClN2O6S/c1-12-13(2)35-25(27-12)28-21(14-6-9-18(33-4)19(11-14)34-5)20(23(30)24(28)31)22(29)15-7-8-17(32-3)16(26)10-15/h6-11,21,29H,1-5H3/b22-20+/t21-/m0/s1. The van der Waals surface area contributed by atoms with Crippen molar-refractivity contribution in [2.75, 3.05) is 26.2 Å². The first-order valence-corrected chi connectivity index (χ1v) is 11.7. The Balaban J connectivity index is 1.97. The summed E-state index contributed by atoms with van der Waals surface area (Å²) in [5.74, 6) is -0.681. The number of nitrogens with zero attached hydrogens (tertiary/aromatic N) is 2. The highest BCUT2D eigenvalue weighted by Crippen LogP contribution is 2.45. The van der Waals surface area contributed by atoms with E-state index in [0.29, 0.717) is 27.9 Å². The van der Waals surface area contributed by atoms with E-state index in [9.17, 15) is 14.7 Å². The number of thiazole rings is 1. The highest BCUT2D eigenvalue weighted by atomic mass is 35.5. The molecule has 3 aromatic rings. The summed E-state index contributed by atoms with van der Waals surface area (Å²) in [6.07, 6.45) is 0. The fraction of sp³-hybridized carbons (Fsp3) is 0.240. The number of halogens is 1. The Morgan fingerprint density at radius 3 is 2.23 bits per heavy atom. The van der Waals surface area contributed by atoms with Gasteiger partial charge in [-0.3, -0.25) is 14.5 Å². The topological polar surface area (TPSA) is 98.2 Å². The number of hydrogen-bond donors (Lipinski definition) is 1. The minimum absolute atomic E-state index is 0.0889. The molecule has 1 N–H and O–H groups in total. The molecular weight excluding hydrogens is 492 g/mol. The fourth-order valence-corrected chi connectivity index (χ4v) is 5.09. The number of ether oxygens (including phenoxy) is 3. The number of aryl methyl sites for hydroxylation is 2. The zero-order valence-electron chi connectivity index (χ0n) is 19.7. The molecule has 2 aromatic carbocycles. The summed E-state index contributed by atoms with van der Waals surface area (Å²) < 4.78 is 16.0. The van der Waals surface area contributed by atoms with Gasteiger partial charge in [0, 0.05) is 10.4 Å². The lowest BCUT2D eigenvalue weighted by atomic mass is 9.95. The molecule has 2 heterocycles. The summed E-state index contributed by atoms with van der Waals surface area (Å²) in [6, 6.07) is 8.73. The van der Waals surface area contributed by atoms with Gasteiger partial charge in [0.1, 0.15) is 11.5 Å². The first kappa shape index (κ1) is 24.6. The van der Waals surface area contributed by atoms with Crippen LogP contribution in [0.15, 0.2) is 42.0 Å². The average Bonchev–Trinajstić information content (AvgIpc) is 3.32. The molecule has 0 spiro atoms. The molecule has 0 saturated carbocycles. The van der Waals surface area contributed by atoms with E-state index in [1.807, 2.05) is 13.8 Å². The second-order valence-electron chi connectivity index (χ2n) is 7.77. The number of aliphatic hydroxyl groups excluding tert-OH is 1. The Morgan fingerprint density at radius 1 is 1.00 bits per heavy atom. The van der Waals surface area contributed by atoms with Crippen molar-refractivity contribution in [3.63, 3.8) is 0 Å². The first-order chi connectivity index (χ1) is 16.7. The molecule has 0 radical (unpaired) electrons. The molecule has 1 saturated heterocycles. The Bertz CT molecular complexity index is 1350. The largest absolute Gasteiger partial charge is 0.507 e. The highest BCUT2D eigenvalue weighted by Gasteiger charge is 2.48. The van der Waals surface area contributed by atoms with Crippen LogP contribution in [0.2, 0.25) is 5.02 Å². The molecule has 1 amide bonds. The Labute approximate surface area is 211 Å². The number of benzene rings is 2. The normalized spacial score (nSPS) is 17.1. The van der Waals surface area contributed by atoms with Gasteiger partial charge in [0.15, 0.2) is 16.6 Å². The van der Waals surface area contributed by atoms with Crippen molar-refractivity contribution >= 4 is 45.5 Å². The molecule has 10 heteroatoms. The molecule has 8 nitrogen and oxygen atoms in total. The van der Waals surface area contributed by atoms with E-state index in [1.165, 1.54) is 43.6 Å². The molecule has 182 valence electrons. The van der Waals surface area contributed by atoms with Crippen LogP contribution in [0.4, 0.5) is 5.13 Å². The molecule has 1 aliphatic heterocycles.